The predicted molar refractivity (Wildman–Crippen MR) is 75.3 cm³/mol. The molecule has 0 radical (unpaired) electrons. The monoisotopic (exact) mass is 243 g/mol. The number of thioether (sulfide) groups is 1. The lowest BCUT2D eigenvalue weighted by Crippen LogP contribution is -1.95. The average molecular weight is 243 g/mol. The standard InChI is InChI=1S/C15H17NS/c1-13(15-9-5-6-11-16-15)17-12-10-14-7-3-2-4-8-14/h2-9,11,13H,10,12H2,1H3. The maximum absolute atomic E-state index is 4.38. The predicted octanol–water partition coefficient (Wildman–Crippen LogP) is 4.12. The van der Waals surface area contributed by atoms with Crippen LogP contribution in [0.1, 0.15) is 23.4 Å². The second kappa shape index (κ2) is 6.45. The van der Waals surface area contributed by atoms with E-state index in [4.69, 9.17) is 0 Å². The van der Waals surface area contributed by atoms with Gasteiger partial charge in [0.05, 0.1) is 5.69 Å². The summed E-state index contributed by atoms with van der Waals surface area (Å²) < 4.78 is 0. The van der Waals surface area contributed by atoms with Gasteiger partial charge in [0, 0.05) is 11.4 Å². The SMILES string of the molecule is CC(SCCc1ccccc1)c1ccccn1. The van der Waals surface area contributed by atoms with Crippen molar-refractivity contribution in [3.05, 3.63) is 66.0 Å². The molecule has 1 unspecified atom stereocenters. The number of pyridine rings is 1. The van der Waals surface area contributed by atoms with Crippen LogP contribution in [0.2, 0.25) is 0 Å². The van der Waals surface area contributed by atoms with Gasteiger partial charge in [-0.2, -0.15) is 11.8 Å². The second-order valence-electron chi connectivity index (χ2n) is 4.00. The molecule has 0 spiro atoms. The Bertz CT molecular complexity index is 427. The molecule has 1 heterocycles. The van der Waals surface area contributed by atoms with Crippen molar-refractivity contribution in [3.8, 4) is 0 Å². The van der Waals surface area contributed by atoms with Crippen LogP contribution < -0.4 is 0 Å². The van der Waals surface area contributed by atoms with Gasteiger partial charge in [0.15, 0.2) is 0 Å². The molecule has 0 aliphatic rings. The van der Waals surface area contributed by atoms with Gasteiger partial charge in [0.25, 0.3) is 0 Å². The summed E-state index contributed by atoms with van der Waals surface area (Å²) >= 11 is 1.96. The van der Waals surface area contributed by atoms with Crippen LogP contribution in [0.15, 0.2) is 54.7 Å². The summed E-state index contributed by atoms with van der Waals surface area (Å²) in [4.78, 5) is 4.38. The van der Waals surface area contributed by atoms with Crippen LogP contribution in [0.3, 0.4) is 0 Å². The molecule has 2 heteroatoms. The van der Waals surface area contributed by atoms with Crippen molar-refractivity contribution in [3.63, 3.8) is 0 Å². The lowest BCUT2D eigenvalue weighted by atomic mass is 10.2. The second-order valence-corrected chi connectivity index (χ2v) is 5.45. The number of nitrogens with zero attached hydrogens (tertiary/aromatic N) is 1. The molecule has 0 saturated heterocycles. The van der Waals surface area contributed by atoms with Crippen LogP contribution in [0, 0.1) is 0 Å². The first-order valence-corrected chi connectivity index (χ1v) is 6.97. The number of rotatable bonds is 5. The molecule has 1 aromatic heterocycles. The molecule has 1 aromatic carbocycles. The molecule has 0 bridgehead atoms. The zero-order valence-corrected chi connectivity index (χ0v) is 10.9. The Balaban J connectivity index is 1.79. The number of hydrogen-bond acceptors (Lipinski definition) is 2. The molecular formula is C15H17NS. The Hall–Kier alpha value is -1.28. The highest BCUT2D eigenvalue weighted by Gasteiger charge is 2.06. The van der Waals surface area contributed by atoms with Crippen LogP contribution in [-0.2, 0) is 6.42 Å². The van der Waals surface area contributed by atoms with E-state index in [-0.39, 0.29) is 0 Å². The van der Waals surface area contributed by atoms with Crippen LogP contribution >= 0.6 is 11.8 Å². The summed E-state index contributed by atoms with van der Waals surface area (Å²) in [7, 11) is 0. The van der Waals surface area contributed by atoms with Crippen molar-refractivity contribution in [2.75, 3.05) is 5.75 Å². The molecule has 88 valence electrons. The van der Waals surface area contributed by atoms with Crippen LogP contribution in [0.25, 0.3) is 0 Å². The fourth-order valence-corrected chi connectivity index (χ4v) is 2.72. The maximum Gasteiger partial charge on any atom is 0.0530 e. The van der Waals surface area contributed by atoms with Gasteiger partial charge in [-0.05, 0) is 36.8 Å². The van der Waals surface area contributed by atoms with Gasteiger partial charge in [-0.15, -0.1) is 0 Å². The van der Waals surface area contributed by atoms with Gasteiger partial charge in [0.2, 0.25) is 0 Å². The Kier molecular flexibility index (Phi) is 4.63. The molecule has 0 saturated carbocycles. The van der Waals surface area contributed by atoms with E-state index in [1.165, 1.54) is 11.3 Å². The fraction of sp³-hybridized carbons (Fsp3) is 0.267. The molecule has 2 aromatic rings. The minimum absolute atomic E-state index is 0.472. The third-order valence-electron chi connectivity index (χ3n) is 2.71. The Labute approximate surface area is 107 Å². The Morgan fingerprint density at radius 2 is 1.82 bits per heavy atom. The van der Waals surface area contributed by atoms with Gasteiger partial charge in [-0.25, -0.2) is 0 Å². The Morgan fingerprint density at radius 1 is 1.06 bits per heavy atom. The molecule has 1 nitrogen and oxygen atoms in total. The summed E-state index contributed by atoms with van der Waals surface area (Å²) in [6.45, 7) is 2.22. The van der Waals surface area contributed by atoms with Gasteiger partial charge < -0.3 is 0 Å². The van der Waals surface area contributed by atoms with Crippen molar-refractivity contribution in [1.82, 2.24) is 4.98 Å². The summed E-state index contributed by atoms with van der Waals surface area (Å²) in [6.07, 6.45) is 2.99. The molecule has 0 N–H and O–H groups in total. The van der Waals surface area contributed by atoms with E-state index in [9.17, 15) is 0 Å². The molecule has 0 amide bonds. The quantitative estimate of drug-likeness (QED) is 0.783. The van der Waals surface area contributed by atoms with Gasteiger partial charge in [-0.1, -0.05) is 36.4 Å². The van der Waals surface area contributed by atoms with Crippen molar-refractivity contribution in [2.24, 2.45) is 0 Å². The lowest BCUT2D eigenvalue weighted by molar-refractivity contribution is 1.00. The lowest BCUT2D eigenvalue weighted by Gasteiger charge is -2.10. The van der Waals surface area contributed by atoms with E-state index in [1.807, 2.05) is 24.0 Å². The molecule has 1 atom stereocenters. The highest BCUT2D eigenvalue weighted by molar-refractivity contribution is 7.99. The number of aromatic nitrogens is 1. The molecular weight excluding hydrogens is 226 g/mol. The zero-order chi connectivity index (χ0) is 11.9. The highest BCUT2D eigenvalue weighted by atomic mass is 32.2. The molecule has 17 heavy (non-hydrogen) atoms. The first-order chi connectivity index (χ1) is 8.36. The van der Waals surface area contributed by atoms with E-state index in [0.29, 0.717) is 5.25 Å². The molecule has 0 aliphatic heterocycles. The minimum Gasteiger partial charge on any atom is -0.260 e. The van der Waals surface area contributed by atoms with Crippen molar-refractivity contribution in [1.29, 1.82) is 0 Å². The summed E-state index contributed by atoms with van der Waals surface area (Å²) in [6, 6.07) is 16.7. The van der Waals surface area contributed by atoms with Gasteiger partial charge in [-0.3, -0.25) is 4.98 Å². The van der Waals surface area contributed by atoms with Gasteiger partial charge >= 0.3 is 0 Å². The first kappa shape index (κ1) is 12.2. The summed E-state index contributed by atoms with van der Waals surface area (Å²) in [5.41, 5.74) is 2.58. The zero-order valence-electron chi connectivity index (χ0n) is 10.0. The number of benzene rings is 1. The third-order valence-corrected chi connectivity index (χ3v) is 3.89. The normalized spacial score (nSPS) is 12.3. The third kappa shape index (κ3) is 3.90. The van der Waals surface area contributed by atoms with Crippen molar-refractivity contribution >= 4 is 11.8 Å². The largest absolute Gasteiger partial charge is 0.260 e. The van der Waals surface area contributed by atoms with Crippen molar-refractivity contribution in [2.45, 2.75) is 18.6 Å². The van der Waals surface area contributed by atoms with E-state index in [0.717, 1.165) is 12.2 Å². The van der Waals surface area contributed by atoms with Crippen LogP contribution in [-0.4, -0.2) is 10.7 Å². The van der Waals surface area contributed by atoms with E-state index in [2.05, 4.69) is 54.4 Å². The van der Waals surface area contributed by atoms with E-state index < -0.39 is 0 Å². The van der Waals surface area contributed by atoms with Crippen LogP contribution in [0.5, 0.6) is 0 Å². The molecule has 2 rings (SSSR count). The summed E-state index contributed by atoms with van der Waals surface area (Å²) in [5.74, 6) is 1.14. The van der Waals surface area contributed by atoms with Crippen LogP contribution in [0.4, 0.5) is 0 Å². The number of hydrogen-bond donors (Lipinski definition) is 0. The first-order valence-electron chi connectivity index (χ1n) is 5.93. The summed E-state index contributed by atoms with van der Waals surface area (Å²) in [5, 5.41) is 0.472. The topological polar surface area (TPSA) is 12.9 Å². The van der Waals surface area contributed by atoms with E-state index >= 15 is 0 Å². The molecule has 0 aliphatic carbocycles. The van der Waals surface area contributed by atoms with Gasteiger partial charge in [0.1, 0.15) is 0 Å². The van der Waals surface area contributed by atoms with E-state index in [1.54, 1.807) is 0 Å². The highest BCUT2D eigenvalue weighted by Crippen LogP contribution is 2.26. The number of aryl methyl sites for hydroxylation is 1. The minimum atomic E-state index is 0.472. The maximum atomic E-state index is 4.38. The van der Waals surface area contributed by atoms with Crippen molar-refractivity contribution < 1.29 is 0 Å². The smallest absolute Gasteiger partial charge is 0.0530 e. The Morgan fingerprint density at radius 3 is 2.53 bits per heavy atom. The molecule has 0 fully saturated rings. The fourth-order valence-electron chi connectivity index (χ4n) is 1.70. The average Bonchev–Trinajstić information content (AvgIpc) is 2.41.